The van der Waals surface area contributed by atoms with Gasteiger partial charge in [0.05, 0.1) is 24.5 Å². The summed E-state index contributed by atoms with van der Waals surface area (Å²) in [5, 5.41) is 2.66. The average molecular weight is 483 g/mol. The Kier molecular flexibility index (Phi) is 7.13. The number of rotatable bonds is 6. The van der Waals surface area contributed by atoms with Gasteiger partial charge in [-0.1, -0.05) is 24.3 Å². The summed E-state index contributed by atoms with van der Waals surface area (Å²) < 4.78 is 27.8. The molecule has 0 spiro atoms. The molecular formula is C25H25NO9. The number of esters is 3. The Labute approximate surface area is 201 Å². The highest BCUT2D eigenvalue weighted by Crippen LogP contribution is 2.33. The van der Waals surface area contributed by atoms with E-state index in [1.165, 1.54) is 26.0 Å². The van der Waals surface area contributed by atoms with Gasteiger partial charge in [-0.3, -0.25) is 9.59 Å². The lowest BCUT2D eigenvalue weighted by Crippen LogP contribution is -2.36. The van der Waals surface area contributed by atoms with Gasteiger partial charge >= 0.3 is 17.9 Å². The molecule has 0 saturated carbocycles. The second-order valence-electron chi connectivity index (χ2n) is 8.25. The van der Waals surface area contributed by atoms with E-state index in [1.54, 1.807) is 37.3 Å². The Hall–Kier alpha value is -3.76. The van der Waals surface area contributed by atoms with Crippen molar-refractivity contribution >= 4 is 29.5 Å². The van der Waals surface area contributed by atoms with Gasteiger partial charge in [-0.25, -0.2) is 9.59 Å². The lowest BCUT2D eigenvalue weighted by atomic mass is 10.1. The normalized spacial score (nSPS) is 22.7. The number of ether oxygens (including phenoxy) is 5. The molecule has 0 aromatic heterocycles. The van der Waals surface area contributed by atoms with Crippen LogP contribution in [0.4, 0.5) is 5.69 Å². The summed E-state index contributed by atoms with van der Waals surface area (Å²) in [6, 6.07) is 11.3. The summed E-state index contributed by atoms with van der Waals surface area (Å²) in [4.78, 5) is 48.5. The van der Waals surface area contributed by atoms with Gasteiger partial charge in [-0.05, 0) is 30.7 Å². The number of fused-ring (bicyclic) bond motifs is 1. The lowest BCUT2D eigenvalue weighted by Gasteiger charge is -2.19. The first-order valence-corrected chi connectivity index (χ1v) is 11.0. The van der Waals surface area contributed by atoms with Crippen LogP contribution in [0.25, 0.3) is 0 Å². The average Bonchev–Trinajstić information content (AvgIpc) is 3.38. The van der Waals surface area contributed by atoms with E-state index in [0.29, 0.717) is 11.3 Å². The third-order valence-corrected chi connectivity index (χ3v) is 5.63. The van der Waals surface area contributed by atoms with E-state index in [2.05, 4.69) is 5.32 Å². The van der Waals surface area contributed by atoms with Gasteiger partial charge in [0.15, 0.2) is 12.2 Å². The molecule has 2 aliphatic rings. The fraction of sp³-hybridized carbons (Fsp3) is 0.360. The molecule has 35 heavy (non-hydrogen) atoms. The van der Waals surface area contributed by atoms with Gasteiger partial charge in [0.1, 0.15) is 23.5 Å². The smallest absolute Gasteiger partial charge is 0.342 e. The molecular weight excluding hydrogens is 458 g/mol. The number of carbonyl (C=O) groups is 4. The summed E-state index contributed by atoms with van der Waals surface area (Å²) >= 11 is 0. The van der Waals surface area contributed by atoms with Crippen molar-refractivity contribution in [2.45, 2.75) is 45.2 Å². The van der Waals surface area contributed by atoms with E-state index in [1.807, 2.05) is 0 Å². The van der Waals surface area contributed by atoms with E-state index >= 15 is 0 Å². The maximum atomic E-state index is 12.9. The number of hydrogen-bond donors (Lipinski definition) is 1. The van der Waals surface area contributed by atoms with Gasteiger partial charge in [0.2, 0.25) is 5.91 Å². The van der Waals surface area contributed by atoms with E-state index < -0.39 is 42.3 Å². The molecule has 2 aliphatic heterocycles. The van der Waals surface area contributed by atoms with Crippen molar-refractivity contribution in [2.75, 3.05) is 18.5 Å². The van der Waals surface area contributed by atoms with Crippen LogP contribution in [0.2, 0.25) is 0 Å². The number of para-hydroxylation sites is 2. The number of anilines is 1. The highest BCUT2D eigenvalue weighted by Gasteiger charge is 2.51. The van der Waals surface area contributed by atoms with Gasteiger partial charge in [-0.15, -0.1) is 0 Å². The molecule has 0 radical (unpaired) electrons. The molecule has 4 rings (SSSR count). The topological polar surface area (TPSA) is 126 Å². The predicted molar refractivity (Wildman–Crippen MR) is 121 cm³/mol. The van der Waals surface area contributed by atoms with E-state index in [4.69, 9.17) is 23.7 Å². The first-order chi connectivity index (χ1) is 16.7. The summed E-state index contributed by atoms with van der Waals surface area (Å²) in [7, 11) is 0. The van der Waals surface area contributed by atoms with Crippen LogP contribution in [-0.4, -0.2) is 61.4 Å². The zero-order chi connectivity index (χ0) is 25.1. The quantitative estimate of drug-likeness (QED) is 0.487. The van der Waals surface area contributed by atoms with E-state index in [0.717, 1.165) is 0 Å². The Balaban J connectivity index is 1.42. The highest BCUT2D eigenvalue weighted by molar-refractivity contribution is 6.01. The number of aryl methyl sites for hydroxylation is 1. The molecule has 2 fully saturated rings. The molecule has 10 heteroatoms. The molecule has 184 valence electrons. The van der Waals surface area contributed by atoms with Crippen molar-refractivity contribution in [3.05, 3.63) is 59.2 Å². The standard InChI is InChI=1S/C25H25NO9/c1-13-7-6-9-17(21(13)26-14(2)27)25(30)35-20-12-32-22-19(11-31-23(20)22)34-24(29)16-8-4-5-10-18(16)33-15(3)28/h4-10,19-20,22-23H,11-12H2,1-3H3,(H,26,27)/t19-,20?,22?,23+/m0/s1. The third-order valence-electron chi connectivity index (χ3n) is 5.63. The number of amides is 1. The van der Waals surface area contributed by atoms with Crippen LogP contribution >= 0.6 is 0 Å². The van der Waals surface area contributed by atoms with Crippen LogP contribution in [0.1, 0.15) is 40.1 Å². The van der Waals surface area contributed by atoms with Crippen molar-refractivity contribution in [3.63, 3.8) is 0 Å². The lowest BCUT2D eigenvalue weighted by molar-refractivity contribution is -0.131. The predicted octanol–water partition coefficient (Wildman–Crippen LogP) is 2.43. The maximum Gasteiger partial charge on any atom is 0.342 e. The second-order valence-corrected chi connectivity index (χ2v) is 8.25. The molecule has 10 nitrogen and oxygen atoms in total. The van der Waals surface area contributed by atoms with Crippen molar-refractivity contribution in [1.29, 1.82) is 0 Å². The largest absolute Gasteiger partial charge is 0.453 e. The minimum absolute atomic E-state index is 0.0481. The number of nitrogens with one attached hydrogen (secondary N) is 1. The van der Waals surface area contributed by atoms with Gasteiger partial charge < -0.3 is 29.0 Å². The Bertz CT molecular complexity index is 1160. The van der Waals surface area contributed by atoms with Crippen LogP contribution in [-0.2, 0) is 28.5 Å². The van der Waals surface area contributed by atoms with Gasteiger partial charge in [0, 0.05) is 13.8 Å². The molecule has 0 bridgehead atoms. The molecule has 4 atom stereocenters. The molecule has 1 amide bonds. The Morgan fingerprint density at radius 3 is 2.00 bits per heavy atom. The summed E-state index contributed by atoms with van der Waals surface area (Å²) in [6.07, 6.45) is -2.73. The van der Waals surface area contributed by atoms with Crippen LogP contribution in [0, 0.1) is 6.92 Å². The zero-order valence-electron chi connectivity index (χ0n) is 19.4. The molecule has 2 aromatic rings. The van der Waals surface area contributed by atoms with Gasteiger partial charge in [-0.2, -0.15) is 0 Å². The molecule has 2 heterocycles. The maximum absolute atomic E-state index is 12.9. The summed E-state index contributed by atoms with van der Waals surface area (Å²) in [6.45, 7) is 4.47. The fourth-order valence-electron chi connectivity index (χ4n) is 4.09. The SMILES string of the molecule is CC(=O)Nc1c(C)cccc1C(=O)OC1COC2[C@@H]1OC[C@@H]2OC(=O)c1ccccc1OC(C)=O. The second kappa shape index (κ2) is 10.2. The monoisotopic (exact) mass is 483 g/mol. The Morgan fingerprint density at radius 2 is 1.40 bits per heavy atom. The first kappa shape index (κ1) is 24.4. The minimum Gasteiger partial charge on any atom is -0.453 e. The highest BCUT2D eigenvalue weighted by atomic mass is 16.7. The third kappa shape index (κ3) is 5.33. The van der Waals surface area contributed by atoms with E-state index in [-0.39, 0.29) is 36.0 Å². The molecule has 1 N–H and O–H groups in total. The first-order valence-electron chi connectivity index (χ1n) is 11.0. The molecule has 2 aromatic carbocycles. The van der Waals surface area contributed by atoms with Crippen LogP contribution < -0.4 is 10.1 Å². The Morgan fingerprint density at radius 1 is 0.829 bits per heavy atom. The molecule has 0 aliphatic carbocycles. The molecule has 2 saturated heterocycles. The minimum atomic E-state index is -0.740. The van der Waals surface area contributed by atoms with Crippen molar-refractivity contribution in [2.24, 2.45) is 0 Å². The van der Waals surface area contributed by atoms with Crippen LogP contribution in [0.3, 0.4) is 0 Å². The number of hydrogen-bond acceptors (Lipinski definition) is 9. The summed E-state index contributed by atoms with van der Waals surface area (Å²) in [5.41, 5.74) is 1.41. The van der Waals surface area contributed by atoms with Crippen molar-refractivity contribution in [3.8, 4) is 5.75 Å². The van der Waals surface area contributed by atoms with Crippen LogP contribution in [0.15, 0.2) is 42.5 Å². The van der Waals surface area contributed by atoms with Crippen LogP contribution in [0.5, 0.6) is 5.75 Å². The molecule has 2 unspecified atom stereocenters. The number of carbonyl (C=O) groups excluding carboxylic acids is 4. The number of benzene rings is 2. The van der Waals surface area contributed by atoms with E-state index in [9.17, 15) is 19.2 Å². The van der Waals surface area contributed by atoms with Crippen molar-refractivity contribution in [1.82, 2.24) is 0 Å². The summed E-state index contributed by atoms with van der Waals surface area (Å²) in [5.74, 6) is -2.11. The zero-order valence-corrected chi connectivity index (χ0v) is 19.4. The van der Waals surface area contributed by atoms with Crippen molar-refractivity contribution < 1.29 is 42.9 Å². The van der Waals surface area contributed by atoms with Gasteiger partial charge in [0.25, 0.3) is 0 Å². The fourth-order valence-corrected chi connectivity index (χ4v) is 4.09.